The van der Waals surface area contributed by atoms with Crippen molar-refractivity contribution in [3.8, 4) is 0 Å². The van der Waals surface area contributed by atoms with Gasteiger partial charge in [-0.2, -0.15) is 0 Å². The molecular formula is C11H24O2Si2. The van der Waals surface area contributed by atoms with Crippen LogP contribution in [0.25, 0.3) is 0 Å². The Morgan fingerprint density at radius 3 is 2.47 bits per heavy atom. The van der Waals surface area contributed by atoms with Gasteiger partial charge in [0.25, 0.3) is 0 Å². The smallest absolute Gasteiger partial charge is 0.161 e. The van der Waals surface area contributed by atoms with Gasteiger partial charge in [-0.1, -0.05) is 31.7 Å². The molecule has 0 fully saturated rings. The van der Waals surface area contributed by atoms with Crippen molar-refractivity contribution in [1.82, 2.24) is 0 Å². The predicted molar refractivity (Wildman–Crippen MR) is 70.5 cm³/mol. The van der Waals surface area contributed by atoms with Gasteiger partial charge in [-0.05, 0) is 25.7 Å². The van der Waals surface area contributed by atoms with Crippen LogP contribution in [0.5, 0.6) is 0 Å². The highest BCUT2D eigenvalue weighted by Crippen LogP contribution is 2.26. The van der Waals surface area contributed by atoms with Gasteiger partial charge in [0.15, 0.2) is 19.5 Å². The van der Waals surface area contributed by atoms with Crippen molar-refractivity contribution in [3.63, 3.8) is 0 Å². The first-order chi connectivity index (χ1) is 7.27. The van der Waals surface area contributed by atoms with Gasteiger partial charge in [-0.25, -0.2) is 0 Å². The van der Waals surface area contributed by atoms with Gasteiger partial charge in [0.05, 0.1) is 0 Å². The van der Waals surface area contributed by atoms with Crippen LogP contribution in [0.1, 0.15) is 32.6 Å². The molecule has 0 N–H and O–H groups in total. The van der Waals surface area contributed by atoms with E-state index in [1.54, 1.807) is 5.57 Å². The maximum atomic E-state index is 5.78. The third-order valence-electron chi connectivity index (χ3n) is 2.85. The molecule has 1 unspecified atom stereocenters. The predicted octanol–water partition coefficient (Wildman–Crippen LogP) is 1.75. The summed E-state index contributed by atoms with van der Waals surface area (Å²) >= 11 is 0. The van der Waals surface area contributed by atoms with Crippen LogP contribution >= 0.6 is 0 Å². The van der Waals surface area contributed by atoms with Gasteiger partial charge >= 0.3 is 0 Å². The molecule has 0 radical (unpaired) electrons. The maximum absolute atomic E-state index is 5.78. The summed E-state index contributed by atoms with van der Waals surface area (Å²) in [6.07, 6.45) is 7.59. The molecule has 0 aliphatic heterocycles. The molecule has 88 valence electrons. The van der Waals surface area contributed by atoms with E-state index in [-0.39, 0.29) is 25.8 Å². The Balaban J connectivity index is 2.36. The van der Waals surface area contributed by atoms with Gasteiger partial charge < -0.3 is 8.85 Å². The highest BCUT2D eigenvalue weighted by Gasteiger charge is 2.19. The molecule has 0 saturated heterocycles. The molecule has 2 nitrogen and oxygen atoms in total. The van der Waals surface area contributed by atoms with E-state index in [9.17, 15) is 0 Å². The molecule has 15 heavy (non-hydrogen) atoms. The van der Waals surface area contributed by atoms with E-state index in [0.29, 0.717) is 5.92 Å². The Labute approximate surface area is 98.3 Å². The molecule has 0 aromatic heterocycles. The minimum atomic E-state index is -0.350. The van der Waals surface area contributed by atoms with Crippen molar-refractivity contribution in [2.45, 2.75) is 52.0 Å². The number of rotatable bonds is 7. The van der Waals surface area contributed by atoms with E-state index < -0.39 is 0 Å². The molecule has 0 bridgehead atoms. The van der Waals surface area contributed by atoms with Crippen LogP contribution in [0, 0.1) is 5.92 Å². The summed E-state index contributed by atoms with van der Waals surface area (Å²) in [5.74, 6) is 0.536. The standard InChI is InChI=1S/C11H24O2Si2/c1-9(8-10-6-4-5-7-10)11(12-14-2)13-15-3/h6,9,11H,4-5,7-8,14-15H2,1-3H3. The van der Waals surface area contributed by atoms with Gasteiger partial charge in [0, 0.05) is 5.92 Å². The Kier molecular flexibility index (Phi) is 6.48. The minimum Gasteiger partial charge on any atom is -0.400 e. The molecule has 0 spiro atoms. The quantitative estimate of drug-likeness (QED) is 0.386. The lowest BCUT2D eigenvalue weighted by molar-refractivity contribution is -0.0312. The first kappa shape index (κ1) is 13.2. The largest absolute Gasteiger partial charge is 0.400 e. The van der Waals surface area contributed by atoms with E-state index in [1.807, 2.05) is 0 Å². The van der Waals surface area contributed by atoms with Gasteiger partial charge in [-0.15, -0.1) is 0 Å². The molecule has 1 rings (SSSR count). The molecule has 1 atom stereocenters. The second kappa shape index (κ2) is 7.38. The fourth-order valence-electron chi connectivity index (χ4n) is 2.14. The molecule has 4 heteroatoms. The minimum absolute atomic E-state index is 0.0971. The second-order valence-electron chi connectivity index (χ2n) is 4.22. The van der Waals surface area contributed by atoms with Crippen molar-refractivity contribution in [2.24, 2.45) is 5.92 Å². The lowest BCUT2D eigenvalue weighted by Gasteiger charge is -2.25. The number of hydrogen-bond donors (Lipinski definition) is 0. The Bertz CT molecular complexity index is 201. The van der Waals surface area contributed by atoms with E-state index in [1.165, 1.54) is 25.7 Å². The lowest BCUT2D eigenvalue weighted by Crippen LogP contribution is -2.27. The summed E-state index contributed by atoms with van der Waals surface area (Å²) in [5, 5.41) is 0. The van der Waals surface area contributed by atoms with Gasteiger partial charge in [0.1, 0.15) is 6.29 Å². The number of allylic oxidation sites excluding steroid dienone is 2. The maximum Gasteiger partial charge on any atom is 0.161 e. The summed E-state index contributed by atoms with van der Waals surface area (Å²) in [4.78, 5) is 0. The first-order valence-electron chi connectivity index (χ1n) is 6.19. The van der Waals surface area contributed by atoms with E-state index in [0.717, 1.165) is 0 Å². The van der Waals surface area contributed by atoms with Crippen molar-refractivity contribution in [2.75, 3.05) is 0 Å². The monoisotopic (exact) mass is 244 g/mol. The fraction of sp³-hybridized carbons (Fsp3) is 0.818. The molecule has 0 amide bonds. The Morgan fingerprint density at radius 2 is 2.00 bits per heavy atom. The van der Waals surface area contributed by atoms with E-state index >= 15 is 0 Å². The normalized spacial score (nSPS) is 21.7. The summed E-state index contributed by atoms with van der Waals surface area (Å²) in [6, 6.07) is 0. The molecule has 1 aliphatic carbocycles. The molecule has 0 saturated carbocycles. The van der Waals surface area contributed by atoms with Crippen LogP contribution in [-0.4, -0.2) is 25.8 Å². The van der Waals surface area contributed by atoms with Crippen LogP contribution in [0.3, 0.4) is 0 Å². The SMILES string of the molecule is C[SiH2]OC(O[SiH2]C)C(C)CC1=CCCC1. The summed E-state index contributed by atoms with van der Waals surface area (Å²) < 4.78 is 11.6. The van der Waals surface area contributed by atoms with Crippen molar-refractivity contribution < 1.29 is 8.85 Å². The summed E-state index contributed by atoms with van der Waals surface area (Å²) in [6.45, 7) is 6.61. The molecular weight excluding hydrogens is 220 g/mol. The molecule has 0 aromatic carbocycles. The average Bonchev–Trinajstić information content (AvgIpc) is 2.70. The topological polar surface area (TPSA) is 18.5 Å². The molecule has 1 aliphatic rings. The van der Waals surface area contributed by atoms with Crippen LogP contribution < -0.4 is 0 Å². The molecule has 0 aromatic rings. The third kappa shape index (κ3) is 4.63. The molecule has 0 heterocycles. The van der Waals surface area contributed by atoms with Crippen molar-refractivity contribution in [3.05, 3.63) is 11.6 Å². The second-order valence-corrected chi connectivity index (χ2v) is 6.04. The van der Waals surface area contributed by atoms with Crippen LogP contribution in [-0.2, 0) is 8.85 Å². The van der Waals surface area contributed by atoms with E-state index in [4.69, 9.17) is 8.85 Å². The first-order valence-corrected chi connectivity index (χ1v) is 10.2. The zero-order chi connectivity index (χ0) is 11.1. The van der Waals surface area contributed by atoms with Crippen LogP contribution in [0.15, 0.2) is 11.6 Å². The highest BCUT2D eigenvalue weighted by atomic mass is 28.2. The van der Waals surface area contributed by atoms with Crippen LogP contribution in [0.4, 0.5) is 0 Å². The van der Waals surface area contributed by atoms with Gasteiger partial charge in [0.2, 0.25) is 0 Å². The summed E-state index contributed by atoms with van der Waals surface area (Å²) in [7, 11) is -0.699. The van der Waals surface area contributed by atoms with Gasteiger partial charge in [-0.3, -0.25) is 0 Å². The fourth-order valence-corrected chi connectivity index (χ4v) is 3.84. The van der Waals surface area contributed by atoms with Crippen LogP contribution in [0.2, 0.25) is 13.1 Å². The Hall–Kier alpha value is 0.0938. The highest BCUT2D eigenvalue weighted by molar-refractivity contribution is 6.26. The third-order valence-corrected chi connectivity index (χ3v) is 4.17. The summed E-state index contributed by atoms with van der Waals surface area (Å²) in [5.41, 5.74) is 1.62. The van der Waals surface area contributed by atoms with Crippen molar-refractivity contribution in [1.29, 1.82) is 0 Å². The van der Waals surface area contributed by atoms with E-state index in [2.05, 4.69) is 26.1 Å². The Morgan fingerprint density at radius 1 is 1.33 bits per heavy atom. The van der Waals surface area contributed by atoms with Crippen molar-refractivity contribution >= 4 is 19.5 Å². The lowest BCUT2D eigenvalue weighted by atomic mass is 10.0. The zero-order valence-electron chi connectivity index (χ0n) is 10.3. The number of hydrogen-bond acceptors (Lipinski definition) is 2. The average molecular weight is 244 g/mol. The zero-order valence-corrected chi connectivity index (χ0v) is 13.1.